The average Bonchev–Trinajstić information content (AvgIpc) is 2.85. The van der Waals surface area contributed by atoms with Crippen LogP contribution in [0.2, 0.25) is 0 Å². The Morgan fingerprint density at radius 3 is 2.59 bits per heavy atom. The fraction of sp³-hybridized carbons (Fsp3) is 0.524. The molecule has 3 rings (SSSR count). The molecule has 2 atom stereocenters. The van der Waals surface area contributed by atoms with Gasteiger partial charge in [0.05, 0.1) is 17.5 Å². The van der Waals surface area contributed by atoms with Crippen LogP contribution >= 0.6 is 24.0 Å². The van der Waals surface area contributed by atoms with Crippen molar-refractivity contribution in [2.45, 2.75) is 33.6 Å². The van der Waals surface area contributed by atoms with Crippen LogP contribution in [0.25, 0.3) is 0 Å². The smallest absolute Gasteiger partial charge is 0.236 e. The number of anilines is 1. The van der Waals surface area contributed by atoms with Gasteiger partial charge in [-0.1, -0.05) is 56.9 Å². The molecule has 8 heteroatoms. The summed E-state index contributed by atoms with van der Waals surface area (Å²) in [5, 5.41) is 4.16. The van der Waals surface area contributed by atoms with Crippen LogP contribution in [0.4, 0.5) is 5.69 Å². The quantitative estimate of drug-likeness (QED) is 0.333. The number of rotatable bonds is 5. The van der Waals surface area contributed by atoms with Crippen molar-refractivity contribution in [3.05, 3.63) is 29.8 Å². The fourth-order valence-electron chi connectivity index (χ4n) is 4.20. The van der Waals surface area contributed by atoms with Crippen molar-refractivity contribution in [2.24, 2.45) is 21.8 Å². The van der Waals surface area contributed by atoms with E-state index in [-0.39, 0.29) is 29.0 Å². The van der Waals surface area contributed by atoms with Gasteiger partial charge in [0, 0.05) is 25.7 Å². The molecule has 0 spiro atoms. The normalized spacial score (nSPS) is 25.6. The summed E-state index contributed by atoms with van der Waals surface area (Å²) in [6, 6.07) is 7.97. The largest absolute Gasteiger partial charge is 0.378 e. The summed E-state index contributed by atoms with van der Waals surface area (Å²) in [5.74, 6) is -0.0371. The van der Waals surface area contributed by atoms with Gasteiger partial charge in [-0.3, -0.25) is 19.9 Å². The number of nitrogens with one attached hydrogen (secondary N) is 1. The Balaban J connectivity index is 1.54. The zero-order valence-electron chi connectivity index (χ0n) is 17.6. The Bertz CT molecular complexity index is 851. The molecule has 1 heterocycles. The van der Waals surface area contributed by atoms with Gasteiger partial charge in [0.2, 0.25) is 11.8 Å². The second-order valence-electron chi connectivity index (χ2n) is 8.63. The third-order valence-electron chi connectivity index (χ3n) is 6.61. The lowest BCUT2D eigenvalue weighted by Gasteiger charge is -2.47. The number of piperidine rings is 1. The van der Waals surface area contributed by atoms with Gasteiger partial charge in [0.1, 0.15) is 0 Å². The summed E-state index contributed by atoms with van der Waals surface area (Å²) >= 11 is 6.55. The van der Waals surface area contributed by atoms with Crippen molar-refractivity contribution < 1.29 is 9.59 Å². The highest BCUT2D eigenvalue weighted by Crippen LogP contribution is 2.60. The maximum atomic E-state index is 13.0. The van der Waals surface area contributed by atoms with E-state index in [4.69, 9.17) is 12.2 Å². The van der Waals surface area contributed by atoms with Crippen molar-refractivity contribution >= 4 is 52.0 Å². The van der Waals surface area contributed by atoms with Crippen LogP contribution < -0.4 is 10.3 Å². The predicted molar refractivity (Wildman–Crippen MR) is 123 cm³/mol. The minimum Gasteiger partial charge on any atom is -0.378 e. The number of amides is 2. The van der Waals surface area contributed by atoms with Crippen molar-refractivity contribution in [2.75, 3.05) is 24.9 Å². The number of thiocarbonyl (C=S) groups is 1. The molecule has 1 N–H and O–H groups in total. The van der Waals surface area contributed by atoms with Crippen LogP contribution in [-0.2, 0) is 9.59 Å². The lowest BCUT2D eigenvalue weighted by Crippen LogP contribution is -2.58. The summed E-state index contributed by atoms with van der Waals surface area (Å²) in [6.45, 7) is 6.07. The van der Waals surface area contributed by atoms with Gasteiger partial charge in [-0.05, 0) is 36.0 Å². The van der Waals surface area contributed by atoms with Crippen LogP contribution in [0.1, 0.15) is 39.2 Å². The summed E-state index contributed by atoms with van der Waals surface area (Å²) in [5.41, 5.74) is 4.08. The Morgan fingerprint density at radius 2 is 1.97 bits per heavy atom. The number of nitrogens with zero attached hydrogens (tertiary/aromatic N) is 3. The van der Waals surface area contributed by atoms with Crippen LogP contribution in [-0.4, -0.2) is 47.2 Å². The number of hydrogen-bond donors (Lipinski definition) is 1. The summed E-state index contributed by atoms with van der Waals surface area (Å²) in [6.07, 6.45) is 3.22. The molecular formula is C21H28N4O2S2. The fourth-order valence-corrected chi connectivity index (χ4v) is 5.02. The van der Waals surface area contributed by atoms with E-state index in [9.17, 15) is 9.59 Å². The zero-order valence-corrected chi connectivity index (χ0v) is 19.2. The molecule has 1 saturated heterocycles. The second kappa shape index (κ2) is 8.07. The van der Waals surface area contributed by atoms with Crippen LogP contribution in [0, 0.1) is 16.7 Å². The number of hydrogen-bond acceptors (Lipinski definition) is 6. The number of imide groups is 1. The number of hydrazone groups is 1. The molecule has 2 unspecified atom stereocenters. The molecule has 1 aromatic carbocycles. The highest BCUT2D eigenvalue weighted by Gasteiger charge is 2.64. The van der Waals surface area contributed by atoms with Gasteiger partial charge < -0.3 is 4.90 Å². The van der Waals surface area contributed by atoms with E-state index in [0.29, 0.717) is 4.32 Å². The molecule has 156 valence electrons. The highest BCUT2D eigenvalue weighted by molar-refractivity contribution is 8.22. The molecule has 1 aliphatic carbocycles. The van der Waals surface area contributed by atoms with E-state index in [2.05, 4.69) is 10.5 Å². The number of benzene rings is 1. The Hall–Kier alpha value is -1.93. The van der Waals surface area contributed by atoms with Crippen molar-refractivity contribution in [1.82, 2.24) is 10.3 Å². The van der Waals surface area contributed by atoms with Crippen molar-refractivity contribution in [3.63, 3.8) is 0 Å². The molecule has 1 aliphatic heterocycles. The molecule has 2 bridgehead atoms. The maximum Gasteiger partial charge on any atom is 0.236 e. The summed E-state index contributed by atoms with van der Waals surface area (Å²) in [4.78, 5) is 29.3. The van der Waals surface area contributed by atoms with E-state index in [1.807, 2.05) is 64.0 Å². The third kappa shape index (κ3) is 3.92. The van der Waals surface area contributed by atoms with Crippen LogP contribution in [0.15, 0.2) is 29.4 Å². The first-order valence-corrected chi connectivity index (χ1v) is 11.1. The highest BCUT2D eigenvalue weighted by atomic mass is 32.2. The Labute approximate surface area is 182 Å². The van der Waals surface area contributed by atoms with Crippen LogP contribution in [0.3, 0.4) is 0 Å². The predicted octanol–water partition coefficient (Wildman–Crippen LogP) is 3.46. The van der Waals surface area contributed by atoms with Gasteiger partial charge in [-0.25, -0.2) is 0 Å². The minimum atomic E-state index is -0.488. The third-order valence-corrected chi connectivity index (χ3v) is 7.80. The maximum absolute atomic E-state index is 13.0. The molecule has 29 heavy (non-hydrogen) atoms. The minimum absolute atomic E-state index is 0.0743. The summed E-state index contributed by atoms with van der Waals surface area (Å²) in [7, 11) is 3.98. The molecule has 1 aromatic rings. The Kier molecular flexibility index (Phi) is 6.06. The Morgan fingerprint density at radius 1 is 1.31 bits per heavy atom. The molecule has 2 fully saturated rings. The van der Waals surface area contributed by atoms with Crippen molar-refractivity contribution in [3.8, 4) is 0 Å². The SMILES string of the molecule is CN(C)c1ccc(/C=N\NC(=S)SCN2C(=O)C3CCC(C)(C2=O)C3(C)C)cc1. The first-order chi connectivity index (χ1) is 13.6. The molecule has 6 nitrogen and oxygen atoms in total. The molecule has 2 aliphatic rings. The van der Waals surface area contributed by atoms with Gasteiger partial charge in [-0.2, -0.15) is 5.10 Å². The lowest BCUT2D eigenvalue weighted by molar-refractivity contribution is -0.166. The van der Waals surface area contributed by atoms with E-state index >= 15 is 0 Å². The molecule has 0 aromatic heterocycles. The molecule has 0 radical (unpaired) electrons. The number of likely N-dealkylation sites (tertiary alicyclic amines) is 1. The number of carbonyl (C=O) groups excluding carboxylic acids is 2. The van der Waals surface area contributed by atoms with E-state index in [1.165, 1.54) is 16.7 Å². The molecule has 2 amide bonds. The molecule has 1 saturated carbocycles. The number of fused-ring (bicyclic) bond motifs is 2. The van der Waals surface area contributed by atoms with Gasteiger partial charge in [0.25, 0.3) is 0 Å². The zero-order chi connectivity index (χ0) is 21.4. The summed E-state index contributed by atoms with van der Waals surface area (Å²) < 4.78 is 0.425. The standard InChI is InChI=1S/C21H28N4O2S2/c1-20(2)16-10-11-21(20,3)18(27)25(17(16)26)13-29-19(28)23-22-12-14-6-8-15(9-7-14)24(4)5/h6-9,12,16H,10-11,13H2,1-5H3,(H,23,28)/b22-12-. The lowest BCUT2D eigenvalue weighted by atomic mass is 9.62. The van der Waals surface area contributed by atoms with E-state index in [0.717, 1.165) is 24.1 Å². The number of carbonyl (C=O) groups is 2. The topological polar surface area (TPSA) is 65.0 Å². The van der Waals surface area contributed by atoms with E-state index < -0.39 is 5.41 Å². The average molecular weight is 433 g/mol. The van der Waals surface area contributed by atoms with E-state index in [1.54, 1.807) is 6.21 Å². The van der Waals surface area contributed by atoms with Crippen LogP contribution in [0.5, 0.6) is 0 Å². The van der Waals surface area contributed by atoms with Gasteiger partial charge >= 0.3 is 0 Å². The van der Waals surface area contributed by atoms with Crippen molar-refractivity contribution in [1.29, 1.82) is 0 Å². The number of thioether (sulfide) groups is 1. The first kappa shape index (κ1) is 21.8. The van der Waals surface area contributed by atoms with Gasteiger partial charge in [-0.15, -0.1) is 0 Å². The second-order valence-corrected chi connectivity index (χ2v) is 10.3. The monoisotopic (exact) mass is 432 g/mol. The molecular weight excluding hydrogens is 404 g/mol. The first-order valence-electron chi connectivity index (χ1n) is 9.67. The van der Waals surface area contributed by atoms with Gasteiger partial charge in [0.15, 0.2) is 4.32 Å².